The van der Waals surface area contributed by atoms with Crippen LogP contribution in [0.25, 0.3) is 0 Å². The standard InChI is InChI=1S/C74H126NO8P/c1-6-8-10-12-14-16-18-20-22-24-26-28-30-31-32-33-34-35-36-37-38-39-40-41-42-43-45-47-49-51-53-55-57-59-61-63-65-67-74(77)83-72(71-82-84(78,79)81-69-68-75(3,4)5)70-80-73(76)66-64-62-60-58-56-54-52-50-48-46-44-29-27-25-23-21-19-17-15-13-11-9-7-2/h8,10,14,16,20,22,25-28,31-32,34-35,37-38,40-41,43,45,49,51,72H,6-7,9,11-13,15,17-19,21,23-24,29-30,33,36,39,42,44,46-48,50,52-71H2,1-5H3/b10-8-,16-14-,22-20-,27-25-,28-26-,32-31-,35-34-,38-37-,41-40-,45-43-,51-49-. The summed E-state index contributed by atoms with van der Waals surface area (Å²) in [7, 11) is 1.14. The maximum atomic E-state index is 12.8. The molecule has 0 rings (SSSR count). The molecule has 0 spiro atoms. The molecule has 0 aliphatic carbocycles. The number of phosphoric acid groups is 1. The molecule has 0 fully saturated rings. The summed E-state index contributed by atoms with van der Waals surface area (Å²) in [6.07, 6.45) is 92.3. The average molecular weight is 1190 g/mol. The molecule has 10 heteroatoms. The van der Waals surface area contributed by atoms with Gasteiger partial charge in [0.25, 0.3) is 7.82 Å². The number of likely N-dealkylation sites (N-methyl/N-ethyl adjacent to an activating group) is 1. The lowest BCUT2D eigenvalue weighted by Gasteiger charge is -2.28. The van der Waals surface area contributed by atoms with Gasteiger partial charge in [0.2, 0.25) is 0 Å². The number of ether oxygens (including phenoxy) is 2. The number of unbranched alkanes of at least 4 members (excludes halogenated alkanes) is 25. The number of allylic oxidation sites excluding steroid dienone is 22. The van der Waals surface area contributed by atoms with Crippen LogP contribution < -0.4 is 4.89 Å². The van der Waals surface area contributed by atoms with Crippen molar-refractivity contribution in [3.63, 3.8) is 0 Å². The van der Waals surface area contributed by atoms with Crippen molar-refractivity contribution < 1.29 is 42.1 Å². The molecule has 0 bridgehead atoms. The van der Waals surface area contributed by atoms with Crippen LogP contribution >= 0.6 is 7.82 Å². The number of carbonyl (C=O) groups excluding carboxylic acids is 2. The van der Waals surface area contributed by atoms with Gasteiger partial charge in [-0.1, -0.05) is 276 Å². The number of hydrogen-bond donors (Lipinski definition) is 0. The van der Waals surface area contributed by atoms with Crippen LogP contribution in [0.5, 0.6) is 0 Å². The number of esters is 2. The summed E-state index contributed by atoms with van der Waals surface area (Å²) in [6.45, 7) is 4.11. The second-order valence-corrected chi connectivity index (χ2v) is 24.9. The summed E-state index contributed by atoms with van der Waals surface area (Å²) in [5, 5.41) is 0. The lowest BCUT2D eigenvalue weighted by atomic mass is 10.0. The van der Waals surface area contributed by atoms with Crippen LogP contribution in [0.2, 0.25) is 0 Å². The molecule has 480 valence electrons. The highest BCUT2D eigenvalue weighted by molar-refractivity contribution is 7.45. The highest BCUT2D eigenvalue weighted by atomic mass is 31.2. The molecular formula is C74H126NO8P. The molecule has 0 heterocycles. The van der Waals surface area contributed by atoms with Crippen LogP contribution in [-0.4, -0.2) is 70.0 Å². The van der Waals surface area contributed by atoms with E-state index >= 15 is 0 Å². The minimum absolute atomic E-state index is 0.0401. The van der Waals surface area contributed by atoms with E-state index in [0.717, 1.165) is 122 Å². The molecule has 0 N–H and O–H groups in total. The van der Waals surface area contributed by atoms with Crippen molar-refractivity contribution in [1.29, 1.82) is 0 Å². The first-order chi connectivity index (χ1) is 41.0. The van der Waals surface area contributed by atoms with Crippen LogP contribution in [0.4, 0.5) is 0 Å². The quantitative estimate of drug-likeness (QED) is 0.0195. The molecule has 0 radical (unpaired) electrons. The third-order valence-corrected chi connectivity index (χ3v) is 15.1. The molecule has 2 unspecified atom stereocenters. The van der Waals surface area contributed by atoms with Crippen LogP contribution in [-0.2, 0) is 32.7 Å². The molecule has 0 aromatic carbocycles. The van der Waals surface area contributed by atoms with Gasteiger partial charge in [-0.15, -0.1) is 0 Å². The van der Waals surface area contributed by atoms with Gasteiger partial charge in [0.1, 0.15) is 19.8 Å². The van der Waals surface area contributed by atoms with Gasteiger partial charge in [-0.25, -0.2) is 0 Å². The number of nitrogens with zero attached hydrogens (tertiary/aromatic N) is 1. The zero-order valence-corrected chi connectivity index (χ0v) is 55.4. The third kappa shape index (κ3) is 67.3. The van der Waals surface area contributed by atoms with E-state index in [1.807, 2.05) is 21.1 Å². The Kier molecular flexibility index (Phi) is 60.7. The van der Waals surface area contributed by atoms with E-state index in [-0.39, 0.29) is 32.0 Å². The van der Waals surface area contributed by atoms with Crippen LogP contribution in [0, 0.1) is 0 Å². The molecule has 0 aromatic rings. The maximum absolute atomic E-state index is 12.8. The maximum Gasteiger partial charge on any atom is 0.306 e. The highest BCUT2D eigenvalue weighted by Crippen LogP contribution is 2.38. The van der Waals surface area contributed by atoms with Crippen LogP contribution in [0.15, 0.2) is 134 Å². The van der Waals surface area contributed by atoms with Crippen molar-refractivity contribution in [3.8, 4) is 0 Å². The summed E-state index contributed by atoms with van der Waals surface area (Å²) < 4.78 is 34.3. The van der Waals surface area contributed by atoms with E-state index in [1.165, 1.54) is 116 Å². The Morgan fingerprint density at radius 3 is 1.02 bits per heavy atom. The SMILES string of the molecule is CC/C=C\C/C=C\C/C=C\C/C=C\C/C=C\C/C=C\C/C=C\C/C=C\C/C=C\C/C=C\CCCCCCCCC(=O)OC(COC(=O)CCCCCCCCCCCCC/C=C\CCCCCCCCCC)COP(=O)([O-])OCC[N+](C)(C)C. The third-order valence-electron chi connectivity index (χ3n) is 14.2. The Balaban J connectivity index is 4.16. The molecule has 0 aromatic heterocycles. The lowest BCUT2D eigenvalue weighted by molar-refractivity contribution is -0.870. The molecule has 0 aliphatic heterocycles. The van der Waals surface area contributed by atoms with Gasteiger partial charge in [0.05, 0.1) is 27.7 Å². The van der Waals surface area contributed by atoms with Gasteiger partial charge >= 0.3 is 11.9 Å². The zero-order chi connectivity index (χ0) is 61.2. The molecule has 0 saturated heterocycles. The van der Waals surface area contributed by atoms with E-state index < -0.39 is 26.5 Å². The predicted molar refractivity (Wildman–Crippen MR) is 360 cm³/mol. The van der Waals surface area contributed by atoms with Gasteiger partial charge < -0.3 is 27.9 Å². The van der Waals surface area contributed by atoms with Gasteiger partial charge in [-0.3, -0.25) is 14.2 Å². The number of quaternary nitrogens is 1. The van der Waals surface area contributed by atoms with Gasteiger partial charge in [0, 0.05) is 12.8 Å². The minimum atomic E-state index is -4.65. The number of hydrogen-bond acceptors (Lipinski definition) is 8. The second kappa shape index (κ2) is 63.6. The van der Waals surface area contributed by atoms with Crippen molar-refractivity contribution in [2.24, 2.45) is 0 Å². The first kappa shape index (κ1) is 80.2. The summed E-state index contributed by atoms with van der Waals surface area (Å²) in [6, 6.07) is 0. The van der Waals surface area contributed by atoms with E-state index in [1.54, 1.807) is 0 Å². The van der Waals surface area contributed by atoms with E-state index in [2.05, 4.69) is 148 Å². The zero-order valence-electron chi connectivity index (χ0n) is 54.6. The van der Waals surface area contributed by atoms with Crippen LogP contribution in [0.3, 0.4) is 0 Å². The Labute approximate surface area is 517 Å². The van der Waals surface area contributed by atoms with Crippen molar-refractivity contribution >= 4 is 19.8 Å². The monoisotopic (exact) mass is 1190 g/mol. The molecule has 0 saturated carbocycles. The van der Waals surface area contributed by atoms with Crippen molar-refractivity contribution in [2.45, 2.75) is 277 Å². The molecule has 0 amide bonds. The largest absolute Gasteiger partial charge is 0.756 e. The van der Waals surface area contributed by atoms with E-state index in [4.69, 9.17) is 18.5 Å². The molecule has 9 nitrogen and oxygen atoms in total. The van der Waals surface area contributed by atoms with Gasteiger partial charge in [-0.05, 0) is 116 Å². The number of carbonyl (C=O) groups is 2. The molecule has 0 aliphatic rings. The Bertz CT molecular complexity index is 1880. The fourth-order valence-corrected chi connectivity index (χ4v) is 9.70. The van der Waals surface area contributed by atoms with E-state index in [0.29, 0.717) is 17.4 Å². The summed E-state index contributed by atoms with van der Waals surface area (Å²) in [5.41, 5.74) is 0. The lowest BCUT2D eigenvalue weighted by Crippen LogP contribution is -2.37. The van der Waals surface area contributed by atoms with Gasteiger partial charge in [0.15, 0.2) is 6.10 Å². The Morgan fingerprint density at radius 2 is 0.679 bits per heavy atom. The average Bonchev–Trinajstić information content (AvgIpc) is 3.61. The highest BCUT2D eigenvalue weighted by Gasteiger charge is 2.22. The molecule has 84 heavy (non-hydrogen) atoms. The van der Waals surface area contributed by atoms with Crippen LogP contribution in [0.1, 0.15) is 271 Å². The fraction of sp³-hybridized carbons (Fsp3) is 0.676. The Morgan fingerprint density at radius 1 is 0.381 bits per heavy atom. The predicted octanol–water partition coefficient (Wildman–Crippen LogP) is 21.4. The fourth-order valence-electron chi connectivity index (χ4n) is 8.97. The van der Waals surface area contributed by atoms with Crippen molar-refractivity contribution in [1.82, 2.24) is 0 Å². The van der Waals surface area contributed by atoms with Crippen molar-refractivity contribution in [3.05, 3.63) is 134 Å². The number of phosphoric ester groups is 1. The first-order valence-electron chi connectivity index (χ1n) is 33.9. The summed E-state index contributed by atoms with van der Waals surface area (Å²) in [5.74, 6) is -0.853. The Hall–Kier alpha value is -3.85. The van der Waals surface area contributed by atoms with Crippen molar-refractivity contribution in [2.75, 3.05) is 47.5 Å². The first-order valence-corrected chi connectivity index (χ1v) is 35.4. The molecular weight excluding hydrogens is 1060 g/mol. The minimum Gasteiger partial charge on any atom is -0.756 e. The second-order valence-electron chi connectivity index (χ2n) is 23.5. The van der Waals surface area contributed by atoms with Gasteiger partial charge in [-0.2, -0.15) is 0 Å². The topological polar surface area (TPSA) is 111 Å². The smallest absolute Gasteiger partial charge is 0.306 e. The summed E-state index contributed by atoms with van der Waals surface area (Å²) in [4.78, 5) is 38.0. The number of rotatable bonds is 61. The normalized spacial score (nSPS) is 14.0. The molecule has 2 atom stereocenters. The van der Waals surface area contributed by atoms with E-state index in [9.17, 15) is 19.0 Å². The summed E-state index contributed by atoms with van der Waals surface area (Å²) >= 11 is 0.